The molecule has 0 aromatic rings. The maximum Gasteiger partial charge on any atom is 0.323 e. The SMILES string of the molecule is CNC(C)(CCN(C)CCN(C)C)C(=O)O. The van der Waals surface area contributed by atoms with Crippen LogP contribution >= 0.6 is 0 Å². The molecule has 5 nitrogen and oxygen atoms in total. The summed E-state index contributed by atoms with van der Waals surface area (Å²) < 4.78 is 0. The Kier molecular flexibility index (Phi) is 6.55. The summed E-state index contributed by atoms with van der Waals surface area (Å²) in [6.45, 7) is 4.43. The molecular formula is C11H25N3O2. The van der Waals surface area contributed by atoms with Gasteiger partial charge >= 0.3 is 5.97 Å². The van der Waals surface area contributed by atoms with Crippen LogP contribution in [0.2, 0.25) is 0 Å². The number of likely N-dealkylation sites (N-methyl/N-ethyl adjacent to an activating group) is 3. The van der Waals surface area contributed by atoms with Gasteiger partial charge < -0.3 is 20.2 Å². The second-order valence-corrected chi connectivity index (χ2v) is 4.74. The molecule has 0 saturated heterocycles. The summed E-state index contributed by atoms with van der Waals surface area (Å²) in [6.07, 6.45) is 0.600. The van der Waals surface area contributed by atoms with Crippen LogP contribution in [0.4, 0.5) is 0 Å². The number of carboxylic acids is 1. The Labute approximate surface area is 98.4 Å². The van der Waals surface area contributed by atoms with Crippen LogP contribution in [0.1, 0.15) is 13.3 Å². The van der Waals surface area contributed by atoms with E-state index in [4.69, 9.17) is 5.11 Å². The Bertz CT molecular complexity index is 221. The van der Waals surface area contributed by atoms with E-state index in [-0.39, 0.29) is 0 Å². The molecule has 0 rings (SSSR count). The summed E-state index contributed by atoms with van der Waals surface area (Å²) in [5.74, 6) is -0.795. The molecule has 5 heteroatoms. The Morgan fingerprint density at radius 2 is 1.81 bits per heavy atom. The van der Waals surface area contributed by atoms with Crippen LogP contribution in [0.3, 0.4) is 0 Å². The summed E-state index contributed by atoms with van der Waals surface area (Å²) in [5.41, 5.74) is -0.827. The summed E-state index contributed by atoms with van der Waals surface area (Å²) >= 11 is 0. The fourth-order valence-electron chi connectivity index (χ4n) is 1.24. The molecule has 0 radical (unpaired) electrons. The van der Waals surface area contributed by atoms with E-state index in [1.165, 1.54) is 0 Å². The highest BCUT2D eigenvalue weighted by molar-refractivity contribution is 5.78. The lowest BCUT2D eigenvalue weighted by Crippen LogP contribution is -2.49. The van der Waals surface area contributed by atoms with E-state index < -0.39 is 11.5 Å². The Morgan fingerprint density at radius 3 is 2.19 bits per heavy atom. The van der Waals surface area contributed by atoms with Gasteiger partial charge in [0.25, 0.3) is 0 Å². The molecule has 0 aliphatic rings. The van der Waals surface area contributed by atoms with Gasteiger partial charge in [-0.25, -0.2) is 0 Å². The normalized spacial score (nSPS) is 15.4. The third kappa shape index (κ3) is 5.44. The molecule has 1 atom stereocenters. The number of hydrogen-bond donors (Lipinski definition) is 2. The van der Waals surface area contributed by atoms with Gasteiger partial charge in [-0.2, -0.15) is 0 Å². The Morgan fingerprint density at radius 1 is 1.25 bits per heavy atom. The fourth-order valence-corrected chi connectivity index (χ4v) is 1.24. The van der Waals surface area contributed by atoms with Crippen molar-refractivity contribution in [1.29, 1.82) is 0 Å². The highest BCUT2D eigenvalue weighted by Gasteiger charge is 2.30. The molecule has 96 valence electrons. The number of rotatable bonds is 8. The van der Waals surface area contributed by atoms with Crippen molar-refractivity contribution >= 4 is 5.97 Å². The van der Waals surface area contributed by atoms with E-state index in [2.05, 4.69) is 15.1 Å². The molecule has 0 saturated carbocycles. The van der Waals surface area contributed by atoms with E-state index >= 15 is 0 Å². The maximum absolute atomic E-state index is 11.0. The summed E-state index contributed by atoms with van der Waals surface area (Å²) in [4.78, 5) is 15.3. The lowest BCUT2D eigenvalue weighted by molar-refractivity contribution is -0.144. The van der Waals surface area contributed by atoms with Gasteiger partial charge in [-0.1, -0.05) is 0 Å². The molecule has 0 bridgehead atoms. The van der Waals surface area contributed by atoms with Crippen molar-refractivity contribution in [3.8, 4) is 0 Å². The number of nitrogens with zero attached hydrogens (tertiary/aromatic N) is 2. The molecule has 0 aromatic carbocycles. The topological polar surface area (TPSA) is 55.8 Å². The van der Waals surface area contributed by atoms with Crippen LogP contribution < -0.4 is 5.32 Å². The van der Waals surface area contributed by atoms with Crippen molar-refractivity contribution in [2.45, 2.75) is 18.9 Å². The first-order valence-corrected chi connectivity index (χ1v) is 5.57. The van der Waals surface area contributed by atoms with Crippen molar-refractivity contribution < 1.29 is 9.90 Å². The Balaban J connectivity index is 3.98. The standard InChI is InChI=1S/C11H25N3O2/c1-11(12-2,10(15)16)6-7-14(5)9-8-13(3)4/h12H,6-9H2,1-5H3,(H,15,16). The van der Waals surface area contributed by atoms with Crippen molar-refractivity contribution in [3.05, 3.63) is 0 Å². The van der Waals surface area contributed by atoms with Crippen LogP contribution in [0.15, 0.2) is 0 Å². The molecule has 0 fully saturated rings. The van der Waals surface area contributed by atoms with Gasteiger partial charge in [-0.15, -0.1) is 0 Å². The van der Waals surface area contributed by atoms with Crippen molar-refractivity contribution in [2.24, 2.45) is 0 Å². The second-order valence-electron chi connectivity index (χ2n) is 4.74. The minimum Gasteiger partial charge on any atom is -0.480 e. The van der Waals surface area contributed by atoms with E-state index in [0.29, 0.717) is 6.42 Å². The van der Waals surface area contributed by atoms with Gasteiger partial charge in [0.1, 0.15) is 5.54 Å². The highest BCUT2D eigenvalue weighted by Crippen LogP contribution is 2.09. The van der Waals surface area contributed by atoms with Crippen LogP contribution in [-0.4, -0.2) is 74.2 Å². The molecule has 0 spiro atoms. The predicted octanol–water partition coefficient (Wildman–Crippen LogP) is -0.0674. The fraction of sp³-hybridized carbons (Fsp3) is 0.909. The zero-order valence-corrected chi connectivity index (χ0v) is 11.1. The third-order valence-electron chi connectivity index (χ3n) is 2.95. The molecule has 0 aliphatic carbocycles. The molecule has 0 aliphatic heterocycles. The number of carboxylic acid groups (broad SMARTS) is 1. The van der Waals surface area contributed by atoms with Crippen molar-refractivity contribution in [3.63, 3.8) is 0 Å². The van der Waals surface area contributed by atoms with E-state index in [1.54, 1.807) is 14.0 Å². The second kappa shape index (κ2) is 6.83. The van der Waals surface area contributed by atoms with Gasteiger partial charge in [-0.3, -0.25) is 4.79 Å². The van der Waals surface area contributed by atoms with Gasteiger partial charge in [-0.05, 0) is 41.5 Å². The van der Waals surface area contributed by atoms with Crippen LogP contribution in [0.25, 0.3) is 0 Å². The minimum absolute atomic E-state index is 0.600. The quantitative estimate of drug-likeness (QED) is 0.612. The third-order valence-corrected chi connectivity index (χ3v) is 2.95. The molecule has 0 aromatic heterocycles. The summed E-state index contributed by atoms with van der Waals surface area (Å²) in [6, 6.07) is 0. The lowest BCUT2D eigenvalue weighted by atomic mass is 9.98. The minimum atomic E-state index is -0.827. The monoisotopic (exact) mass is 231 g/mol. The molecule has 1 unspecified atom stereocenters. The van der Waals surface area contributed by atoms with Crippen LogP contribution in [0.5, 0.6) is 0 Å². The first-order chi connectivity index (χ1) is 7.31. The predicted molar refractivity (Wildman–Crippen MR) is 65.8 cm³/mol. The number of hydrogen-bond acceptors (Lipinski definition) is 4. The van der Waals surface area contributed by atoms with Gasteiger partial charge in [0.15, 0.2) is 0 Å². The number of aliphatic carboxylic acids is 1. The van der Waals surface area contributed by atoms with Crippen molar-refractivity contribution in [1.82, 2.24) is 15.1 Å². The number of nitrogens with one attached hydrogen (secondary N) is 1. The highest BCUT2D eigenvalue weighted by atomic mass is 16.4. The van der Waals surface area contributed by atoms with Gasteiger partial charge in [0.2, 0.25) is 0 Å². The molecular weight excluding hydrogens is 206 g/mol. The smallest absolute Gasteiger partial charge is 0.323 e. The average molecular weight is 231 g/mol. The summed E-state index contributed by atoms with van der Waals surface area (Å²) in [7, 11) is 7.76. The molecule has 0 heterocycles. The summed E-state index contributed by atoms with van der Waals surface area (Å²) in [5, 5.41) is 11.9. The average Bonchev–Trinajstić information content (AvgIpc) is 2.22. The van der Waals surface area contributed by atoms with Crippen LogP contribution in [0, 0.1) is 0 Å². The van der Waals surface area contributed by atoms with Crippen LogP contribution in [-0.2, 0) is 4.79 Å². The van der Waals surface area contributed by atoms with E-state index in [1.807, 2.05) is 21.1 Å². The molecule has 16 heavy (non-hydrogen) atoms. The zero-order chi connectivity index (χ0) is 12.8. The van der Waals surface area contributed by atoms with E-state index in [0.717, 1.165) is 19.6 Å². The number of carbonyl (C=O) groups is 1. The zero-order valence-electron chi connectivity index (χ0n) is 11.1. The first kappa shape index (κ1) is 15.3. The lowest BCUT2D eigenvalue weighted by Gasteiger charge is -2.27. The van der Waals surface area contributed by atoms with E-state index in [9.17, 15) is 4.79 Å². The molecule has 2 N–H and O–H groups in total. The first-order valence-electron chi connectivity index (χ1n) is 5.57. The molecule has 0 amide bonds. The largest absolute Gasteiger partial charge is 0.480 e. The van der Waals surface area contributed by atoms with Gasteiger partial charge in [0.05, 0.1) is 0 Å². The maximum atomic E-state index is 11.0. The Hall–Kier alpha value is -0.650. The van der Waals surface area contributed by atoms with Crippen molar-refractivity contribution in [2.75, 3.05) is 47.8 Å². The van der Waals surface area contributed by atoms with Gasteiger partial charge in [0, 0.05) is 19.6 Å².